The van der Waals surface area contributed by atoms with E-state index < -0.39 is 0 Å². The highest BCUT2D eigenvalue weighted by molar-refractivity contribution is 5.49. The first-order valence-corrected chi connectivity index (χ1v) is 6.70. The molecule has 19 heavy (non-hydrogen) atoms. The molecule has 0 atom stereocenters. The Morgan fingerprint density at radius 3 is 1.68 bits per heavy atom. The monoisotopic (exact) mass is 262 g/mol. The van der Waals surface area contributed by atoms with Gasteiger partial charge in [-0.25, -0.2) is 0 Å². The average Bonchev–Trinajstić information content (AvgIpc) is 2.24. The molecule has 106 valence electrons. The first kappa shape index (κ1) is 15.7. The summed E-state index contributed by atoms with van der Waals surface area (Å²) in [6, 6.07) is 4.08. The molecule has 1 aromatic rings. The zero-order chi connectivity index (χ0) is 14.8. The van der Waals surface area contributed by atoms with Gasteiger partial charge in [-0.2, -0.15) is 10.2 Å². The lowest BCUT2D eigenvalue weighted by atomic mass is 9.78. The van der Waals surface area contributed by atoms with Gasteiger partial charge in [0.25, 0.3) is 0 Å². The fourth-order valence-electron chi connectivity index (χ4n) is 2.08. The number of aromatic hydroxyl groups is 1. The summed E-state index contributed by atoms with van der Waals surface area (Å²) in [6.07, 6.45) is 0. The number of nitrogens with zero attached hydrogens (tertiary/aromatic N) is 2. The topological polar surface area (TPSA) is 45.0 Å². The molecule has 0 aliphatic carbocycles. The smallest absolute Gasteiger partial charge is 0.123 e. The molecule has 0 aromatic heterocycles. The molecule has 0 saturated carbocycles. The zero-order valence-corrected chi connectivity index (χ0v) is 13.2. The van der Waals surface area contributed by atoms with Crippen LogP contribution in [0.5, 0.6) is 5.75 Å². The van der Waals surface area contributed by atoms with Crippen LogP contribution in [-0.4, -0.2) is 12.2 Å². The highest BCUT2D eigenvalue weighted by atomic mass is 16.3. The summed E-state index contributed by atoms with van der Waals surface area (Å²) >= 11 is 0. The summed E-state index contributed by atoms with van der Waals surface area (Å²) in [5, 5.41) is 18.4. The van der Waals surface area contributed by atoms with Gasteiger partial charge in [-0.3, -0.25) is 0 Å². The van der Waals surface area contributed by atoms with Crippen molar-refractivity contribution in [2.45, 2.75) is 58.9 Å². The van der Waals surface area contributed by atoms with Gasteiger partial charge < -0.3 is 5.11 Å². The normalized spacial score (nSPS) is 13.2. The maximum Gasteiger partial charge on any atom is 0.123 e. The molecule has 0 saturated heterocycles. The summed E-state index contributed by atoms with van der Waals surface area (Å²) in [6.45, 7) is 13.2. The molecule has 0 fully saturated rings. The number of hydrogen-bond donors (Lipinski definition) is 1. The molecule has 1 rings (SSSR count). The van der Waals surface area contributed by atoms with Crippen molar-refractivity contribution in [1.82, 2.24) is 0 Å². The van der Waals surface area contributed by atoms with E-state index in [2.05, 4.69) is 51.8 Å². The Bertz CT molecular complexity index is 441. The van der Waals surface area contributed by atoms with Crippen molar-refractivity contribution < 1.29 is 5.11 Å². The zero-order valence-electron chi connectivity index (χ0n) is 13.2. The van der Waals surface area contributed by atoms with Crippen molar-refractivity contribution in [3.63, 3.8) is 0 Å². The fraction of sp³-hybridized carbons (Fsp3) is 0.625. The molecule has 0 aliphatic heterocycles. The Morgan fingerprint density at radius 1 is 0.947 bits per heavy atom. The second-order valence-corrected chi connectivity index (χ2v) is 7.04. The van der Waals surface area contributed by atoms with Gasteiger partial charge in [0.05, 0.1) is 6.54 Å². The molecule has 0 heterocycles. The van der Waals surface area contributed by atoms with E-state index in [4.69, 9.17) is 0 Å². The van der Waals surface area contributed by atoms with Crippen LogP contribution in [0.3, 0.4) is 0 Å². The van der Waals surface area contributed by atoms with Gasteiger partial charge in [-0.05, 0) is 39.7 Å². The molecule has 1 N–H and O–H groups in total. The summed E-state index contributed by atoms with van der Waals surface area (Å²) in [7, 11) is 1.68. The van der Waals surface area contributed by atoms with Crippen molar-refractivity contribution in [3.8, 4) is 5.75 Å². The average molecular weight is 262 g/mol. The third-order valence-electron chi connectivity index (χ3n) is 3.18. The molecule has 0 spiro atoms. The first-order chi connectivity index (χ1) is 8.57. The number of azo groups is 1. The van der Waals surface area contributed by atoms with Crippen LogP contribution in [0.15, 0.2) is 22.4 Å². The van der Waals surface area contributed by atoms with Crippen LogP contribution in [0.2, 0.25) is 0 Å². The Balaban J connectivity index is 3.47. The van der Waals surface area contributed by atoms with Crippen molar-refractivity contribution in [3.05, 3.63) is 28.8 Å². The molecule has 1 aromatic carbocycles. The third-order valence-corrected chi connectivity index (χ3v) is 3.18. The third kappa shape index (κ3) is 3.79. The molecule has 3 heteroatoms. The van der Waals surface area contributed by atoms with Gasteiger partial charge in [0.15, 0.2) is 0 Å². The fourth-order valence-corrected chi connectivity index (χ4v) is 2.08. The minimum Gasteiger partial charge on any atom is -0.507 e. The highest BCUT2D eigenvalue weighted by Gasteiger charge is 2.26. The molecule has 0 amide bonds. The lowest BCUT2D eigenvalue weighted by molar-refractivity contribution is 0.422. The number of benzene rings is 1. The van der Waals surface area contributed by atoms with E-state index in [1.807, 2.05) is 12.1 Å². The van der Waals surface area contributed by atoms with Crippen LogP contribution in [0.25, 0.3) is 0 Å². The van der Waals surface area contributed by atoms with Gasteiger partial charge in [0, 0.05) is 7.05 Å². The maximum absolute atomic E-state index is 10.6. The van der Waals surface area contributed by atoms with Crippen LogP contribution in [-0.2, 0) is 17.4 Å². The van der Waals surface area contributed by atoms with Crippen LogP contribution in [0, 0.1) is 0 Å². The van der Waals surface area contributed by atoms with Crippen LogP contribution >= 0.6 is 0 Å². The quantitative estimate of drug-likeness (QED) is 0.780. The van der Waals surface area contributed by atoms with Gasteiger partial charge in [0.2, 0.25) is 0 Å². The summed E-state index contributed by atoms with van der Waals surface area (Å²) in [4.78, 5) is 0. The number of rotatable bonds is 2. The Morgan fingerprint density at radius 2 is 1.37 bits per heavy atom. The van der Waals surface area contributed by atoms with Crippen LogP contribution in [0.1, 0.15) is 58.2 Å². The van der Waals surface area contributed by atoms with E-state index in [0.29, 0.717) is 12.3 Å². The molecular weight excluding hydrogens is 236 g/mol. The van der Waals surface area contributed by atoms with Gasteiger partial charge in [-0.15, -0.1) is 0 Å². The standard InChI is InChI=1S/C16H26N2O/c1-15(2,3)12-8-11(10-18-17-7)9-13(14(12)19)16(4,5)6/h8-9,19H,10H2,1-7H3. The number of hydrogen-bond acceptors (Lipinski definition) is 3. The highest BCUT2D eigenvalue weighted by Crippen LogP contribution is 2.39. The van der Waals surface area contributed by atoms with Crippen molar-refractivity contribution in [2.24, 2.45) is 10.2 Å². The Kier molecular flexibility index (Phi) is 4.39. The summed E-state index contributed by atoms with van der Waals surface area (Å²) in [5.74, 6) is 0.414. The minimum atomic E-state index is -0.0938. The van der Waals surface area contributed by atoms with E-state index >= 15 is 0 Å². The molecule has 0 bridgehead atoms. The second kappa shape index (κ2) is 5.32. The van der Waals surface area contributed by atoms with E-state index in [-0.39, 0.29) is 10.8 Å². The predicted molar refractivity (Wildman–Crippen MR) is 80.0 cm³/mol. The molecule has 0 aliphatic rings. The first-order valence-electron chi connectivity index (χ1n) is 6.70. The van der Waals surface area contributed by atoms with Crippen LogP contribution < -0.4 is 0 Å². The lowest BCUT2D eigenvalue weighted by Gasteiger charge is -2.28. The molecule has 3 nitrogen and oxygen atoms in total. The molecule has 0 radical (unpaired) electrons. The summed E-state index contributed by atoms with van der Waals surface area (Å²) in [5.41, 5.74) is 2.85. The van der Waals surface area contributed by atoms with Crippen LogP contribution in [0.4, 0.5) is 0 Å². The van der Waals surface area contributed by atoms with E-state index in [9.17, 15) is 5.11 Å². The molecule has 0 unspecified atom stereocenters. The number of phenols is 1. The van der Waals surface area contributed by atoms with Crippen molar-refractivity contribution >= 4 is 0 Å². The minimum absolute atomic E-state index is 0.0938. The largest absolute Gasteiger partial charge is 0.507 e. The maximum atomic E-state index is 10.6. The van der Waals surface area contributed by atoms with Crippen molar-refractivity contribution in [2.75, 3.05) is 7.05 Å². The second-order valence-electron chi connectivity index (χ2n) is 7.04. The Labute approximate surface area is 116 Å². The summed E-state index contributed by atoms with van der Waals surface area (Å²) < 4.78 is 0. The van der Waals surface area contributed by atoms with Gasteiger partial charge in [0.1, 0.15) is 5.75 Å². The van der Waals surface area contributed by atoms with E-state index in [1.54, 1.807) is 7.05 Å². The van der Waals surface area contributed by atoms with E-state index in [1.165, 1.54) is 0 Å². The molecular formula is C16H26N2O. The number of phenolic OH excluding ortho intramolecular Hbond substituents is 1. The van der Waals surface area contributed by atoms with E-state index in [0.717, 1.165) is 16.7 Å². The van der Waals surface area contributed by atoms with Gasteiger partial charge >= 0.3 is 0 Å². The predicted octanol–water partition coefficient (Wildman–Crippen LogP) is 4.57. The van der Waals surface area contributed by atoms with Gasteiger partial charge in [-0.1, -0.05) is 41.5 Å². The van der Waals surface area contributed by atoms with Crippen molar-refractivity contribution in [1.29, 1.82) is 0 Å². The SMILES string of the molecule is CN=NCc1cc(C(C)(C)C)c(O)c(C(C)(C)C)c1. The lowest BCUT2D eigenvalue weighted by Crippen LogP contribution is -2.17. The Hall–Kier alpha value is -1.38.